The Balaban J connectivity index is 1.62. The van der Waals surface area contributed by atoms with E-state index in [0.29, 0.717) is 0 Å². The summed E-state index contributed by atoms with van der Waals surface area (Å²) in [5.74, 6) is 0. The van der Waals surface area contributed by atoms with Crippen molar-refractivity contribution >= 4 is 0 Å². The Labute approximate surface area is 189 Å². The average Bonchev–Trinajstić information content (AvgIpc) is 2.80. The third kappa shape index (κ3) is 6.17. The van der Waals surface area contributed by atoms with Crippen molar-refractivity contribution < 1.29 is 69.3 Å². The second kappa shape index (κ2) is 11.9. The molecule has 3 fully saturated rings. The zero-order chi connectivity index (χ0) is 24.3. The van der Waals surface area contributed by atoms with Crippen molar-refractivity contribution in [3.8, 4) is 0 Å². The molecule has 0 radical (unpaired) electrons. The van der Waals surface area contributed by atoms with Gasteiger partial charge in [0, 0.05) is 20.0 Å². The van der Waals surface area contributed by atoms with Crippen molar-refractivity contribution in [2.24, 2.45) is 0 Å². The van der Waals surface area contributed by atoms with Crippen molar-refractivity contribution in [3.63, 3.8) is 0 Å². The summed E-state index contributed by atoms with van der Waals surface area (Å²) in [6, 6.07) is 0. The monoisotopic (exact) mass is 486 g/mol. The maximum atomic E-state index is 10.8. The highest BCUT2D eigenvalue weighted by Crippen LogP contribution is 2.30. The predicted molar refractivity (Wildman–Crippen MR) is 103 cm³/mol. The Morgan fingerprint density at radius 1 is 0.697 bits per heavy atom. The molecule has 0 aromatic heterocycles. The van der Waals surface area contributed by atoms with Crippen LogP contribution < -0.4 is 0 Å². The first-order valence-corrected chi connectivity index (χ1v) is 10.8. The Morgan fingerprint density at radius 3 is 2.00 bits per heavy atom. The minimum atomic E-state index is -1.62. The SMILES string of the molecule is CO[C@@H]1C[C@@H](O[C@H]2O[C@H](CO)[C@@H](O)C[C@@H]2O)[C@H](O)[C@@H](CO[C@H]2O[C@H](CO)[C@@H](O)[C@H](O)[C@@H]2O)O1. The van der Waals surface area contributed by atoms with Crippen LogP contribution in [0.3, 0.4) is 0 Å². The van der Waals surface area contributed by atoms with E-state index in [2.05, 4.69) is 0 Å². The van der Waals surface area contributed by atoms with Crippen LogP contribution in [-0.2, 0) is 28.4 Å². The fraction of sp³-hybridized carbons (Fsp3) is 1.00. The van der Waals surface area contributed by atoms with Gasteiger partial charge in [0.05, 0.1) is 32.0 Å². The molecule has 14 nitrogen and oxygen atoms in total. The van der Waals surface area contributed by atoms with Crippen molar-refractivity contribution in [1.82, 2.24) is 0 Å². The van der Waals surface area contributed by atoms with Crippen molar-refractivity contribution in [2.75, 3.05) is 26.9 Å². The summed E-state index contributed by atoms with van der Waals surface area (Å²) in [4.78, 5) is 0. The summed E-state index contributed by atoms with van der Waals surface area (Å²) in [7, 11) is 1.37. The molecule has 0 unspecified atom stereocenters. The van der Waals surface area contributed by atoms with Crippen LogP contribution >= 0.6 is 0 Å². The highest BCUT2D eigenvalue weighted by atomic mass is 16.7. The molecular formula is C19H34O14. The number of hydrogen-bond donors (Lipinski definition) is 8. The van der Waals surface area contributed by atoms with E-state index in [1.165, 1.54) is 7.11 Å². The Morgan fingerprint density at radius 2 is 1.36 bits per heavy atom. The van der Waals surface area contributed by atoms with Crippen molar-refractivity contribution in [1.29, 1.82) is 0 Å². The van der Waals surface area contributed by atoms with Crippen LogP contribution in [0.1, 0.15) is 12.8 Å². The molecule has 33 heavy (non-hydrogen) atoms. The normalized spacial score (nSPS) is 49.2. The van der Waals surface area contributed by atoms with Gasteiger partial charge in [-0.2, -0.15) is 0 Å². The van der Waals surface area contributed by atoms with Gasteiger partial charge in [0.1, 0.15) is 48.8 Å². The van der Waals surface area contributed by atoms with E-state index >= 15 is 0 Å². The molecule has 0 bridgehead atoms. The topological polar surface area (TPSA) is 217 Å². The molecule has 3 heterocycles. The molecule has 3 aliphatic rings. The van der Waals surface area contributed by atoms with Crippen LogP contribution in [0.2, 0.25) is 0 Å². The summed E-state index contributed by atoms with van der Waals surface area (Å²) in [6.45, 7) is -1.46. The van der Waals surface area contributed by atoms with Crippen LogP contribution in [0, 0.1) is 0 Å². The van der Waals surface area contributed by atoms with Gasteiger partial charge in [-0.3, -0.25) is 0 Å². The number of hydrogen-bond acceptors (Lipinski definition) is 14. The van der Waals surface area contributed by atoms with Crippen molar-refractivity contribution in [2.45, 2.75) is 92.8 Å². The van der Waals surface area contributed by atoms with E-state index in [1.54, 1.807) is 0 Å². The number of methoxy groups -OCH3 is 1. The van der Waals surface area contributed by atoms with Gasteiger partial charge in [-0.25, -0.2) is 0 Å². The Bertz CT molecular complexity index is 595. The highest BCUT2D eigenvalue weighted by Gasteiger charge is 2.47. The van der Waals surface area contributed by atoms with E-state index in [-0.39, 0.29) is 19.4 Å². The first-order chi connectivity index (χ1) is 15.7. The summed E-state index contributed by atoms with van der Waals surface area (Å²) in [5.41, 5.74) is 0. The molecule has 0 aliphatic carbocycles. The molecule has 3 saturated heterocycles. The van der Waals surface area contributed by atoms with E-state index in [9.17, 15) is 40.9 Å². The van der Waals surface area contributed by atoms with Gasteiger partial charge in [-0.15, -0.1) is 0 Å². The summed E-state index contributed by atoms with van der Waals surface area (Å²) < 4.78 is 32.7. The van der Waals surface area contributed by atoms with Crippen LogP contribution in [0.4, 0.5) is 0 Å². The molecular weight excluding hydrogens is 452 g/mol. The van der Waals surface area contributed by atoms with Gasteiger partial charge in [-0.05, 0) is 0 Å². The first-order valence-electron chi connectivity index (χ1n) is 10.8. The second-order valence-electron chi connectivity index (χ2n) is 8.37. The van der Waals surface area contributed by atoms with Crippen LogP contribution in [0.15, 0.2) is 0 Å². The second-order valence-corrected chi connectivity index (χ2v) is 8.37. The lowest BCUT2D eigenvalue weighted by Crippen LogP contribution is -2.60. The quantitative estimate of drug-likeness (QED) is 0.161. The molecule has 0 spiro atoms. The molecule has 3 rings (SSSR count). The van der Waals surface area contributed by atoms with Crippen LogP contribution in [0.25, 0.3) is 0 Å². The lowest BCUT2D eigenvalue weighted by atomic mass is 9.99. The van der Waals surface area contributed by atoms with Crippen LogP contribution in [0.5, 0.6) is 0 Å². The minimum absolute atomic E-state index is 0.0626. The molecule has 0 amide bonds. The number of aliphatic hydroxyl groups is 8. The molecule has 8 N–H and O–H groups in total. The fourth-order valence-corrected chi connectivity index (χ4v) is 4.04. The molecule has 14 heteroatoms. The smallest absolute Gasteiger partial charge is 0.186 e. The van der Waals surface area contributed by atoms with Gasteiger partial charge in [0.2, 0.25) is 0 Å². The molecule has 0 aromatic carbocycles. The molecule has 13 atom stereocenters. The van der Waals surface area contributed by atoms with Gasteiger partial charge in [-0.1, -0.05) is 0 Å². The van der Waals surface area contributed by atoms with Gasteiger partial charge in [0.25, 0.3) is 0 Å². The lowest BCUT2D eigenvalue weighted by molar-refractivity contribution is -0.335. The van der Waals surface area contributed by atoms with E-state index in [1.807, 2.05) is 0 Å². The van der Waals surface area contributed by atoms with E-state index < -0.39 is 93.1 Å². The summed E-state index contributed by atoms with van der Waals surface area (Å²) in [5, 5.41) is 79.2. The molecule has 3 aliphatic heterocycles. The summed E-state index contributed by atoms with van der Waals surface area (Å²) >= 11 is 0. The summed E-state index contributed by atoms with van der Waals surface area (Å²) in [6.07, 6.45) is -16.0. The maximum absolute atomic E-state index is 10.8. The largest absolute Gasteiger partial charge is 0.394 e. The van der Waals surface area contributed by atoms with E-state index in [0.717, 1.165) is 0 Å². The third-order valence-corrected chi connectivity index (χ3v) is 6.07. The standard InChI is InChI=1S/C19H34O14/c1-28-13-3-9(31-18-8(23)2-7(22)10(4-20)32-18)14(24)12(30-13)6-29-19-17(27)16(26)15(25)11(5-21)33-19/h7-27H,2-6H2,1H3/t7-,8-,9+,10+,11+,12+,13-,14-,15+,16-,17-,18-,19-/m0/s1. The Kier molecular flexibility index (Phi) is 9.76. The molecule has 0 aromatic rings. The molecule has 0 saturated carbocycles. The number of aliphatic hydroxyl groups excluding tert-OH is 8. The number of ether oxygens (including phenoxy) is 6. The molecule has 194 valence electrons. The third-order valence-electron chi connectivity index (χ3n) is 6.07. The fourth-order valence-electron chi connectivity index (χ4n) is 4.04. The highest BCUT2D eigenvalue weighted by molar-refractivity contribution is 4.90. The van der Waals surface area contributed by atoms with E-state index in [4.69, 9.17) is 28.4 Å². The zero-order valence-corrected chi connectivity index (χ0v) is 18.1. The minimum Gasteiger partial charge on any atom is -0.394 e. The van der Waals surface area contributed by atoms with Crippen LogP contribution in [-0.4, -0.2) is 148 Å². The van der Waals surface area contributed by atoms with Gasteiger partial charge < -0.3 is 69.3 Å². The maximum Gasteiger partial charge on any atom is 0.186 e. The Hall–Kier alpha value is -0.560. The number of rotatable bonds is 8. The van der Waals surface area contributed by atoms with Gasteiger partial charge in [0.15, 0.2) is 18.9 Å². The lowest BCUT2D eigenvalue weighted by Gasteiger charge is -2.43. The van der Waals surface area contributed by atoms with Crippen molar-refractivity contribution in [3.05, 3.63) is 0 Å². The first kappa shape index (κ1) is 27.0. The van der Waals surface area contributed by atoms with Gasteiger partial charge >= 0.3 is 0 Å². The predicted octanol–water partition coefficient (Wildman–Crippen LogP) is -4.86. The zero-order valence-electron chi connectivity index (χ0n) is 18.1. The average molecular weight is 486 g/mol.